The summed E-state index contributed by atoms with van der Waals surface area (Å²) in [6.45, 7) is 16.2. The summed E-state index contributed by atoms with van der Waals surface area (Å²) in [5.74, 6) is -1.000. The van der Waals surface area contributed by atoms with E-state index in [0.717, 1.165) is 0 Å². The molecule has 0 spiro atoms. The molecule has 2 aliphatic rings. The molecule has 0 radical (unpaired) electrons. The van der Waals surface area contributed by atoms with Crippen LogP contribution in [0.4, 0.5) is 10.1 Å². The van der Waals surface area contributed by atoms with Gasteiger partial charge in [-0.15, -0.1) is 0 Å². The number of pyridine rings is 1. The fourth-order valence-electron chi connectivity index (χ4n) is 7.59. The van der Waals surface area contributed by atoms with Gasteiger partial charge in [0.15, 0.2) is 0 Å². The van der Waals surface area contributed by atoms with Crippen LogP contribution in [0.15, 0.2) is 46.8 Å². The monoisotopic (exact) mass is 699 g/mol. The lowest BCUT2D eigenvalue weighted by molar-refractivity contribution is -0.129. The van der Waals surface area contributed by atoms with Crippen LogP contribution in [0.3, 0.4) is 0 Å². The van der Waals surface area contributed by atoms with Crippen LogP contribution in [0.2, 0.25) is 5.02 Å². The minimum atomic E-state index is -0.632. The molecule has 1 fully saturated rings. The first-order valence-corrected chi connectivity index (χ1v) is 17.1. The molecule has 0 aliphatic carbocycles. The standard InChI is InChI=1S/C37H39ClFN7O4/c1-9-25(47)44-14-21-15-50-35-32(45(21)13-20(44)7)22-12-23(39)27(26-19(6)10-11-24-33(26)43(8)37(49)42-24)28(38)31(22)46(36(35)48)34-29(17(2)3)40-16-41-30(34)18(4)5/h9-12,16-18,20-21H,1,13-15H2,2-8H3,(H,42,49). The van der Waals surface area contributed by atoms with Crippen molar-refractivity contribution in [3.05, 3.63) is 85.8 Å². The third kappa shape index (κ3) is 4.86. The predicted octanol–water partition coefficient (Wildman–Crippen LogP) is 5.96. The van der Waals surface area contributed by atoms with E-state index in [1.165, 1.54) is 27.6 Å². The largest absolute Gasteiger partial charge is 0.484 e. The average Bonchev–Trinajstić information content (AvgIpc) is 3.37. The van der Waals surface area contributed by atoms with Crippen LogP contribution < -0.4 is 20.9 Å². The molecule has 0 bridgehead atoms. The number of imidazole rings is 1. The summed E-state index contributed by atoms with van der Waals surface area (Å²) in [5.41, 5.74) is 3.75. The molecule has 1 N–H and O–H groups in total. The fourth-order valence-corrected chi connectivity index (χ4v) is 7.96. The molecule has 1 amide bonds. The van der Waals surface area contributed by atoms with Crippen LogP contribution in [0.1, 0.15) is 63.4 Å². The first-order chi connectivity index (χ1) is 23.8. The summed E-state index contributed by atoms with van der Waals surface area (Å²) < 4.78 is 26.3. The molecule has 2 aliphatic heterocycles. The number of halogens is 2. The second-order valence-electron chi connectivity index (χ2n) is 13.9. The number of ether oxygens (including phenoxy) is 1. The second-order valence-corrected chi connectivity index (χ2v) is 14.2. The Morgan fingerprint density at radius 1 is 1.08 bits per heavy atom. The van der Waals surface area contributed by atoms with Gasteiger partial charge >= 0.3 is 5.69 Å². The fraction of sp³-hybridized carbons (Fsp3) is 0.378. The number of fused-ring (bicyclic) bond motifs is 6. The lowest BCUT2D eigenvalue weighted by Crippen LogP contribution is -2.62. The average molecular weight is 700 g/mol. The number of aryl methyl sites for hydroxylation is 2. The van der Waals surface area contributed by atoms with E-state index in [4.69, 9.17) is 16.3 Å². The number of anilines is 1. The molecule has 3 aromatic heterocycles. The van der Waals surface area contributed by atoms with E-state index < -0.39 is 11.4 Å². The highest BCUT2D eigenvalue weighted by Gasteiger charge is 2.41. The number of benzene rings is 2. The zero-order valence-corrected chi connectivity index (χ0v) is 29.9. The van der Waals surface area contributed by atoms with E-state index in [-0.39, 0.29) is 64.0 Å². The van der Waals surface area contributed by atoms with Gasteiger partial charge in [-0.1, -0.05) is 51.9 Å². The highest BCUT2D eigenvalue weighted by Crippen LogP contribution is 2.48. The quantitative estimate of drug-likeness (QED) is 0.225. The number of piperazine rings is 1. The Hall–Kier alpha value is -4.97. The Morgan fingerprint density at radius 3 is 2.40 bits per heavy atom. The molecule has 7 rings (SSSR count). The lowest BCUT2D eigenvalue weighted by Gasteiger charge is -2.48. The van der Waals surface area contributed by atoms with Crippen molar-refractivity contribution in [3.63, 3.8) is 0 Å². The van der Waals surface area contributed by atoms with Crippen LogP contribution in [0, 0.1) is 12.7 Å². The zero-order valence-electron chi connectivity index (χ0n) is 29.1. The van der Waals surface area contributed by atoms with Gasteiger partial charge in [0.25, 0.3) is 5.56 Å². The van der Waals surface area contributed by atoms with Crippen LogP contribution in [0.25, 0.3) is 38.8 Å². The Bertz CT molecular complexity index is 2350. The molecule has 2 aromatic carbocycles. The van der Waals surface area contributed by atoms with E-state index >= 15 is 9.18 Å². The normalized spacial score (nSPS) is 17.4. The van der Waals surface area contributed by atoms with Crippen LogP contribution in [0.5, 0.6) is 5.75 Å². The molecule has 11 nitrogen and oxygen atoms in total. The maximum Gasteiger partial charge on any atom is 0.326 e. The van der Waals surface area contributed by atoms with Crippen LogP contribution in [-0.2, 0) is 11.8 Å². The van der Waals surface area contributed by atoms with Crippen molar-refractivity contribution in [2.75, 3.05) is 24.6 Å². The van der Waals surface area contributed by atoms with E-state index in [0.29, 0.717) is 63.4 Å². The number of hydrogen-bond donors (Lipinski definition) is 1. The third-order valence-electron chi connectivity index (χ3n) is 10.0. The van der Waals surface area contributed by atoms with Gasteiger partial charge in [0.05, 0.1) is 50.4 Å². The number of amides is 1. The molecule has 2 atom stereocenters. The molecule has 1 saturated heterocycles. The highest BCUT2D eigenvalue weighted by molar-refractivity contribution is 6.39. The molecule has 50 heavy (non-hydrogen) atoms. The maximum atomic E-state index is 17.0. The van der Waals surface area contributed by atoms with Crippen molar-refractivity contribution in [1.82, 2.24) is 29.0 Å². The summed E-state index contributed by atoms with van der Waals surface area (Å²) in [6, 6.07) is 4.42. The zero-order chi connectivity index (χ0) is 35.9. The molecule has 2 unspecified atom stereocenters. The molecular weight excluding hydrogens is 661 g/mol. The SMILES string of the molecule is C=CC(=O)N1CC2COc3c(c4cc(F)c(-c5c(C)ccc6[nH]c(=O)n(C)c56)c(Cl)c4n(-c4c(C(C)C)ncnc4C(C)C)c3=O)N2CC1C. The highest BCUT2D eigenvalue weighted by atomic mass is 35.5. The Balaban J connectivity index is 1.65. The van der Waals surface area contributed by atoms with Gasteiger partial charge in [-0.05, 0) is 49.5 Å². The number of H-pyrrole nitrogens is 1. The number of carbonyl (C=O) groups excluding carboxylic acids is 1. The Kier molecular flexibility index (Phi) is 8.12. The van der Waals surface area contributed by atoms with Gasteiger partial charge in [0.2, 0.25) is 11.7 Å². The van der Waals surface area contributed by atoms with Gasteiger partial charge in [-0.25, -0.2) is 19.2 Å². The van der Waals surface area contributed by atoms with Gasteiger partial charge < -0.3 is 19.5 Å². The summed E-state index contributed by atoms with van der Waals surface area (Å²) in [4.78, 5) is 56.4. The smallest absolute Gasteiger partial charge is 0.326 e. The van der Waals surface area contributed by atoms with Crippen molar-refractivity contribution in [3.8, 4) is 22.6 Å². The number of aromatic nitrogens is 5. The van der Waals surface area contributed by atoms with E-state index in [1.54, 1.807) is 24.1 Å². The minimum Gasteiger partial charge on any atom is -0.484 e. The van der Waals surface area contributed by atoms with E-state index in [9.17, 15) is 9.59 Å². The number of nitrogens with one attached hydrogen (secondary N) is 1. The van der Waals surface area contributed by atoms with Gasteiger partial charge in [0.1, 0.15) is 18.8 Å². The third-order valence-corrected chi connectivity index (χ3v) is 10.4. The molecule has 0 saturated carbocycles. The van der Waals surface area contributed by atoms with Crippen molar-refractivity contribution in [1.29, 1.82) is 0 Å². The first kappa shape index (κ1) is 33.5. The van der Waals surface area contributed by atoms with E-state index in [2.05, 4.69) is 21.5 Å². The van der Waals surface area contributed by atoms with Gasteiger partial charge in [-0.3, -0.25) is 18.7 Å². The number of hydrogen-bond acceptors (Lipinski definition) is 7. The summed E-state index contributed by atoms with van der Waals surface area (Å²) in [7, 11) is 1.61. The molecule has 13 heteroatoms. The summed E-state index contributed by atoms with van der Waals surface area (Å²) >= 11 is 7.47. The van der Waals surface area contributed by atoms with Crippen molar-refractivity contribution < 1.29 is 13.9 Å². The molecular formula is C37H39ClFN7O4. The maximum absolute atomic E-state index is 17.0. The minimum absolute atomic E-state index is 0.00643. The van der Waals surface area contributed by atoms with Crippen molar-refractivity contribution >= 4 is 45.1 Å². The van der Waals surface area contributed by atoms with Crippen molar-refractivity contribution in [2.24, 2.45) is 7.05 Å². The first-order valence-electron chi connectivity index (χ1n) is 16.7. The Morgan fingerprint density at radius 2 is 1.76 bits per heavy atom. The lowest BCUT2D eigenvalue weighted by atomic mass is 9.94. The molecule has 5 aromatic rings. The Labute approximate surface area is 293 Å². The number of carbonyl (C=O) groups is 1. The number of aromatic amines is 1. The number of nitrogens with zero attached hydrogens (tertiary/aromatic N) is 6. The van der Waals surface area contributed by atoms with Crippen LogP contribution >= 0.6 is 11.6 Å². The van der Waals surface area contributed by atoms with Crippen LogP contribution in [-0.4, -0.2) is 66.7 Å². The van der Waals surface area contributed by atoms with Gasteiger partial charge in [0, 0.05) is 42.7 Å². The summed E-state index contributed by atoms with van der Waals surface area (Å²) in [5, 5.41) is 0.361. The van der Waals surface area contributed by atoms with Crippen molar-refractivity contribution in [2.45, 2.75) is 65.5 Å². The molecule has 5 heterocycles. The number of rotatable bonds is 5. The summed E-state index contributed by atoms with van der Waals surface area (Å²) in [6.07, 6.45) is 2.79. The predicted molar refractivity (Wildman–Crippen MR) is 194 cm³/mol. The molecule has 260 valence electrons. The second kappa shape index (κ2) is 12.1. The van der Waals surface area contributed by atoms with Gasteiger partial charge in [-0.2, -0.15) is 0 Å². The topological polar surface area (TPSA) is 118 Å². The van der Waals surface area contributed by atoms with E-state index in [1.807, 2.05) is 46.4 Å².